The van der Waals surface area contributed by atoms with Crippen molar-refractivity contribution in [2.45, 2.75) is 26.0 Å². The Balaban J connectivity index is 2.61. The van der Waals surface area contributed by atoms with Gasteiger partial charge in [-0.3, -0.25) is 0 Å². The monoisotopic (exact) mass is 236 g/mol. The van der Waals surface area contributed by atoms with Gasteiger partial charge in [-0.25, -0.2) is 4.79 Å². The summed E-state index contributed by atoms with van der Waals surface area (Å²) in [5.41, 5.74) is 1.04. The standard InChI is InChI=1S/C13H20N2O2/c1-13(2,17)11-7-5-10(6-8-11)9-14-12(16)15(3)4/h5-8,17H,9H2,1-4H3,(H,14,16). The maximum Gasteiger partial charge on any atom is 0.317 e. The summed E-state index contributed by atoms with van der Waals surface area (Å²) in [6, 6.07) is 7.44. The molecule has 2 amide bonds. The van der Waals surface area contributed by atoms with Gasteiger partial charge < -0.3 is 15.3 Å². The van der Waals surface area contributed by atoms with Crippen molar-refractivity contribution < 1.29 is 9.90 Å². The minimum Gasteiger partial charge on any atom is -0.386 e. The Bertz CT molecular complexity index is 377. The first-order chi connectivity index (χ1) is 7.80. The Morgan fingerprint density at radius 1 is 1.29 bits per heavy atom. The Hall–Kier alpha value is -1.55. The second kappa shape index (κ2) is 5.19. The summed E-state index contributed by atoms with van der Waals surface area (Å²) in [5.74, 6) is 0. The van der Waals surface area contributed by atoms with Gasteiger partial charge in [0, 0.05) is 20.6 Å². The van der Waals surface area contributed by atoms with Crippen LogP contribution in [0.3, 0.4) is 0 Å². The first-order valence-electron chi connectivity index (χ1n) is 5.57. The second-order valence-electron chi connectivity index (χ2n) is 4.81. The van der Waals surface area contributed by atoms with E-state index < -0.39 is 5.60 Å². The Morgan fingerprint density at radius 2 is 1.82 bits per heavy atom. The fourth-order valence-electron chi connectivity index (χ4n) is 1.37. The molecule has 0 atom stereocenters. The lowest BCUT2D eigenvalue weighted by molar-refractivity contribution is 0.0786. The highest BCUT2D eigenvalue weighted by molar-refractivity contribution is 5.73. The van der Waals surface area contributed by atoms with E-state index in [2.05, 4.69) is 5.32 Å². The molecule has 4 nitrogen and oxygen atoms in total. The number of aliphatic hydroxyl groups is 1. The van der Waals surface area contributed by atoms with Crippen LogP contribution < -0.4 is 5.32 Å². The van der Waals surface area contributed by atoms with Crippen molar-refractivity contribution in [3.8, 4) is 0 Å². The van der Waals surface area contributed by atoms with Gasteiger partial charge >= 0.3 is 6.03 Å². The maximum absolute atomic E-state index is 11.3. The molecule has 0 aliphatic carbocycles. The number of carbonyl (C=O) groups excluding carboxylic acids is 1. The molecule has 2 N–H and O–H groups in total. The maximum atomic E-state index is 11.3. The lowest BCUT2D eigenvalue weighted by atomic mass is 9.97. The van der Waals surface area contributed by atoms with E-state index >= 15 is 0 Å². The van der Waals surface area contributed by atoms with E-state index in [4.69, 9.17) is 0 Å². The van der Waals surface area contributed by atoms with Crippen LogP contribution >= 0.6 is 0 Å². The van der Waals surface area contributed by atoms with E-state index in [1.807, 2.05) is 24.3 Å². The number of urea groups is 1. The summed E-state index contributed by atoms with van der Waals surface area (Å²) in [6.07, 6.45) is 0. The molecular formula is C13H20N2O2. The number of hydrogen-bond acceptors (Lipinski definition) is 2. The lowest BCUT2D eigenvalue weighted by Crippen LogP contribution is -2.33. The van der Waals surface area contributed by atoms with Crippen LogP contribution in [0.25, 0.3) is 0 Å². The topological polar surface area (TPSA) is 52.6 Å². The third-order valence-electron chi connectivity index (χ3n) is 2.51. The number of nitrogens with one attached hydrogen (secondary N) is 1. The summed E-state index contributed by atoms with van der Waals surface area (Å²) in [4.78, 5) is 12.8. The predicted molar refractivity (Wildman–Crippen MR) is 67.6 cm³/mol. The average molecular weight is 236 g/mol. The number of benzene rings is 1. The van der Waals surface area contributed by atoms with E-state index in [1.165, 1.54) is 4.90 Å². The zero-order valence-electron chi connectivity index (χ0n) is 10.8. The molecule has 17 heavy (non-hydrogen) atoms. The molecule has 0 aliphatic heterocycles. The largest absolute Gasteiger partial charge is 0.386 e. The van der Waals surface area contributed by atoms with Gasteiger partial charge in [0.25, 0.3) is 0 Å². The molecule has 0 fully saturated rings. The van der Waals surface area contributed by atoms with Gasteiger partial charge in [0.1, 0.15) is 0 Å². The minimum absolute atomic E-state index is 0.114. The molecule has 0 heterocycles. The van der Waals surface area contributed by atoms with Crippen LogP contribution in [0.5, 0.6) is 0 Å². The van der Waals surface area contributed by atoms with E-state index in [0.29, 0.717) is 6.54 Å². The molecule has 0 radical (unpaired) electrons. The number of rotatable bonds is 3. The van der Waals surface area contributed by atoms with Gasteiger partial charge in [-0.05, 0) is 25.0 Å². The molecule has 0 spiro atoms. The summed E-state index contributed by atoms with van der Waals surface area (Å²) >= 11 is 0. The summed E-state index contributed by atoms with van der Waals surface area (Å²) in [6.45, 7) is 3.98. The van der Waals surface area contributed by atoms with Crippen molar-refractivity contribution in [2.24, 2.45) is 0 Å². The number of amides is 2. The van der Waals surface area contributed by atoms with Crippen molar-refractivity contribution >= 4 is 6.03 Å². The van der Waals surface area contributed by atoms with Gasteiger partial charge in [-0.15, -0.1) is 0 Å². The molecule has 0 saturated carbocycles. The molecule has 1 aromatic rings. The summed E-state index contributed by atoms with van der Waals surface area (Å²) in [5, 5.41) is 12.6. The van der Waals surface area contributed by atoms with Gasteiger partial charge in [-0.2, -0.15) is 0 Å². The molecule has 0 bridgehead atoms. The third kappa shape index (κ3) is 4.07. The van der Waals surface area contributed by atoms with Crippen LogP contribution in [-0.2, 0) is 12.1 Å². The Morgan fingerprint density at radius 3 is 2.24 bits per heavy atom. The van der Waals surface area contributed by atoms with E-state index in [0.717, 1.165) is 11.1 Å². The first kappa shape index (κ1) is 13.5. The molecular weight excluding hydrogens is 216 g/mol. The van der Waals surface area contributed by atoms with Crippen molar-refractivity contribution in [1.29, 1.82) is 0 Å². The van der Waals surface area contributed by atoms with Gasteiger partial charge in [0.15, 0.2) is 0 Å². The molecule has 0 saturated heterocycles. The Kier molecular flexibility index (Phi) is 4.12. The predicted octanol–water partition coefficient (Wildman–Crippen LogP) is 1.69. The first-order valence-corrected chi connectivity index (χ1v) is 5.57. The molecule has 0 unspecified atom stereocenters. The van der Waals surface area contributed by atoms with Gasteiger partial charge in [0.05, 0.1) is 5.60 Å². The number of hydrogen-bond donors (Lipinski definition) is 2. The SMILES string of the molecule is CN(C)C(=O)NCc1ccc(C(C)(C)O)cc1. The van der Waals surface area contributed by atoms with Crippen molar-refractivity contribution in [3.05, 3.63) is 35.4 Å². The van der Waals surface area contributed by atoms with Crippen LogP contribution in [-0.4, -0.2) is 30.1 Å². The van der Waals surface area contributed by atoms with Crippen LogP contribution in [0.1, 0.15) is 25.0 Å². The van der Waals surface area contributed by atoms with E-state index in [9.17, 15) is 9.90 Å². The minimum atomic E-state index is -0.828. The molecule has 1 aromatic carbocycles. The van der Waals surface area contributed by atoms with E-state index in [1.54, 1.807) is 27.9 Å². The highest BCUT2D eigenvalue weighted by Crippen LogP contribution is 2.19. The molecule has 0 aromatic heterocycles. The summed E-state index contributed by atoms with van der Waals surface area (Å²) in [7, 11) is 3.40. The highest BCUT2D eigenvalue weighted by Gasteiger charge is 2.15. The van der Waals surface area contributed by atoms with Crippen LogP contribution in [0.15, 0.2) is 24.3 Å². The van der Waals surface area contributed by atoms with Crippen LogP contribution in [0, 0.1) is 0 Å². The smallest absolute Gasteiger partial charge is 0.317 e. The zero-order chi connectivity index (χ0) is 13.1. The number of nitrogens with zero attached hydrogens (tertiary/aromatic N) is 1. The highest BCUT2D eigenvalue weighted by atomic mass is 16.3. The van der Waals surface area contributed by atoms with Crippen molar-refractivity contribution in [2.75, 3.05) is 14.1 Å². The fraction of sp³-hybridized carbons (Fsp3) is 0.462. The quantitative estimate of drug-likeness (QED) is 0.839. The normalized spacial score (nSPS) is 11.1. The van der Waals surface area contributed by atoms with Crippen LogP contribution in [0.2, 0.25) is 0 Å². The molecule has 94 valence electrons. The summed E-state index contributed by atoms with van der Waals surface area (Å²) < 4.78 is 0. The zero-order valence-corrected chi connectivity index (χ0v) is 10.8. The average Bonchev–Trinajstić information content (AvgIpc) is 2.25. The molecule has 0 aliphatic rings. The molecule has 4 heteroatoms. The number of carbonyl (C=O) groups is 1. The van der Waals surface area contributed by atoms with E-state index in [-0.39, 0.29) is 6.03 Å². The van der Waals surface area contributed by atoms with Gasteiger partial charge in [0.2, 0.25) is 0 Å². The van der Waals surface area contributed by atoms with Crippen molar-refractivity contribution in [1.82, 2.24) is 10.2 Å². The second-order valence-corrected chi connectivity index (χ2v) is 4.81. The van der Waals surface area contributed by atoms with Crippen molar-refractivity contribution in [3.63, 3.8) is 0 Å². The van der Waals surface area contributed by atoms with Crippen LogP contribution in [0.4, 0.5) is 4.79 Å². The van der Waals surface area contributed by atoms with Gasteiger partial charge in [-0.1, -0.05) is 24.3 Å². The molecule has 1 rings (SSSR count). The lowest BCUT2D eigenvalue weighted by Gasteiger charge is -2.18. The fourth-order valence-corrected chi connectivity index (χ4v) is 1.37. The third-order valence-corrected chi connectivity index (χ3v) is 2.51. The Labute approximate surface area is 102 Å².